The molecule has 0 fully saturated rings. The normalized spacial score (nSPS) is 16.1. The van der Waals surface area contributed by atoms with Crippen LogP contribution in [-0.2, 0) is 5.31 Å². The molecule has 0 heterocycles. The van der Waals surface area contributed by atoms with Crippen molar-refractivity contribution in [1.82, 2.24) is 0 Å². The second-order valence-corrected chi connectivity index (χ2v) is 11.3. The van der Waals surface area contributed by atoms with Gasteiger partial charge in [-0.3, -0.25) is 0 Å². The van der Waals surface area contributed by atoms with E-state index in [1.54, 1.807) is 0 Å². The number of benzene rings is 6. The average Bonchev–Trinajstić information content (AvgIpc) is 3.39. The van der Waals surface area contributed by atoms with Crippen LogP contribution in [0.3, 0.4) is 0 Å². The van der Waals surface area contributed by atoms with Gasteiger partial charge in [-0.2, -0.15) is 0 Å². The molecule has 1 unspecified atom stereocenters. The molecule has 0 saturated heterocycles. The third kappa shape index (κ3) is 3.85. The average molecular weight is 550 g/mol. The number of fused-ring (bicyclic) bond motifs is 4. The molecule has 2 nitrogen and oxygen atoms in total. The van der Waals surface area contributed by atoms with Crippen LogP contribution in [0.2, 0.25) is 0 Å². The molecule has 2 aliphatic carbocycles. The lowest BCUT2D eigenvalue weighted by atomic mass is 9.50. The molecule has 0 amide bonds. The molecule has 0 bridgehead atoms. The summed E-state index contributed by atoms with van der Waals surface area (Å²) >= 11 is 0. The maximum absolute atomic E-state index is 11.0. The van der Waals surface area contributed by atoms with Crippen molar-refractivity contribution in [2.75, 3.05) is 0 Å². The van der Waals surface area contributed by atoms with Crippen LogP contribution in [0.1, 0.15) is 28.7 Å². The first-order chi connectivity index (χ1) is 21.2. The van der Waals surface area contributed by atoms with Crippen molar-refractivity contribution in [1.29, 1.82) is 0 Å². The Bertz CT molecular complexity index is 2120. The second kappa shape index (κ2) is 10.00. The molecule has 2 N–H and O–H groups in total. The van der Waals surface area contributed by atoms with Crippen LogP contribution < -0.4 is 0 Å². The van der Waals surface area contributed by atoms with Gasteiger partial charge in [0.25, 0.3) is 0 Å². The Morgan fingerprint density at radius 2 is 1.09 bits per heavy atom. The van der Waals surface area contributed by atoms with Crippen molar-refractivity contribution in [3.8, 4) is 45.2 Å². The molecule has 43 heavy (non-hydrogen) atoms. The first-order valence-electron chi connectivity index (χ1n) is 14.7. The molecule has 0 spiro atoms. The summed E-state index contributed by atoms with van der Waals surface area (Å²) in [4.78, 5) is 0. The van der Waals surface area contributed by atoms with Gasteiger partial charge in [0.2, 0.25) is 0 Å². The van der Waals surface area contributed by atoms with Crippen molar-refractivity contribution >= 4 is 23.5 Å². The molecule has 3 heteroatoms. The molecule has 0 saturated carbocycles. The highest BCUT2D eigenvalue weighted by Gasteiger charge is 2.48. The lowest BCUT2D eigenvalue weighted by Crippen LogP contribution is -2.44. The number of allylic oxidation sites excluding steroid dienone is 1. The van der Waals surface area contributed by atoms with Crippen LogP contribution in [0.15, 0.2) is 140 Å². The summed E-state index contributed by atoms with van der Waals surface area (Å²) in [5.74, 6) is 6.60. The van der Waals surface area contributed by atoms with Crippen molar-refractivity contribution in [2.45, 2.75) is 11.7 Å². The molecule has 8 rings (SSSR count). The quantitative estimate of drug-likeness (QED) is 0.172. The van der Waals surface area contributed by atoms with Gasteiger partial charge in [-0.15, -0.1) is 0 Å². The predicted octanol–water partition coefficient (Wildman–Crippen LogP) is 8.29. The minimum atomic E-state index is -1.65. The monoisotopic (exact) mass is 550 g/mol. The van der Waals surface area contributed by atoms with E-state index in [2.05, 4.69) is 109 Å². The number of hydrogen-bond acceptors (Lipinski definition) is 2. The highest BCUT2D eigenvalue weighted by molar-refractivity contribution is 6.47. The zero-order chi connectivity index (χ0) is 29.0. The Labute approximate surface area is 251 Å². The molecule has 0 aromatic heterocycles. The third-order valence-electron chi connectivity index (χ3n) is 8.97. The molecule has 6 aromatic carbocycles. The Morgan fingerprint density at radius 3 is 1.70 bits per heavy atom. The molecule has 6 aromatic rings. The molecule has 1 atom stereocenters. The van der Waals surface area contributed by atoms with Gasteiger partial charge in [-0.05, 0) is 85.0 Å². The summed E-state index contributed by atoms with van der Waals surface area (Å²) in [6.07, 6.45) is 2.57. The van der Waals surface area contributed by atoms with Gasteiger partial charge >= 0.3 is 7.12 Å². The smallest absolute Gasteiger partial charge is 0.426 e. The van der Waals surface area contributed by atoms with Gasteiger partial charge in [0.05, 0.1) is 5.31 Å². The van der Waals surface area contributed by atoms with E-state index in [4.69, 9.17) is 0 Å². The fourth-order valence-electron chi connectivity index (χ4n) is 7.04. The zero-order valence-corrected chi connectivity index (χ0v) is 23.5. The Balaban J connectivity index is 1.50. The van der Waals surface area contributed by atoms with Crippen molar-refractivity contribution < 1.29 is 10.0 Å². The fraction of sp³-hybridized carbons (Fsp3) is 0.0500. The number of hydrogen-bond donors (Lipinski definition) is 2. The van der Waals surface area contributed by atoms with E-state index >= 15 is 0 Å². The predicted molar refractivity (Wildman–Crippen MR) is 177 cm³/mol. The molecule has 0 aliphatic heterocycles. The minimum Gasteiger partial charge on any atom is -0.426 e. The second-order valence-electron chi connectivity index (χ2n) is 11.3. The summed E-state index contributed by atoms with van der Waals surface area (Å²) in [6.45, 7) is 0. The van der Waals surface area contributed by atoms with Gasteiger partial charge in [0, 0.05) is 5.56 Å². The lowest BCUT2D eigenvalue weighted by molar-refractivity contribution is 0.367. The molecular weight excluding hydrogens is 523 g/mol. The van der Waals surface area contributed by atoms with Gasteiger partial charge in [-0.25, -0.2) is 0 Å². The van der Waals surface area contributed by atoms with E-state index in [0.717, 1.165) is 39.0 Å². The van der Waals surface area contributed by atoms with Gasteiger partial charge in [-0.1, -0.05) is 139 Å². The topological polar surface area (TPSA) is 40.5 Å². The first kappa shape index (κ1) is 25.6. The van der Waals surface area contributed by atoms with Gasteiger partial charge < -0.3 is 10.0 Å². The SMILES string of the molecule is OB(O)C1(C#Cc2ccccc2)CC=C2c3c(cccc31)-c1c2c(-c2ccccc2)c2ccccc2c1-c1ccccc1. The van der Waals surface area contributed by atoms with Crippen LogP contribution >= 0.6 is 0 Å². The number of rotatable bonds is 3. The van der Waals surface area contributed by atoms with Crippen LogP contribution in [0.5, 0.6) is 0 Å². The summed E-state index contributed by atoms with van der Waals surface area (Å²) in [7, 11) is -1.65. The fourth-order valence-corrected chi connectivity index (χ4v) is 7.04. The first-order valence-corrected chi connectivity index (χ1v) is 14.7. The van der Waals surface area contributed by atoms with Crippen molar-refractivity contribution in [2.24, 2.45) is 0 Å². The highest BCUT2D eigenvalue weighted by atomic mass is 16.4. The van der Waals surface area contributed by atoms with Crippen LogP contribution in [0.25, 0.3) is 49.7 Å². The van der Waals surface area contributed by atoms with E-state index < -0.39 is 12.4 Å². The Hall–Kier alpha value is -5.14. The summed E-state index contributed by atoms with van der Waals surface area (Å²) in [5, 5.41) is 23.3. The van der Waals surface area contributed by atoms with Crippen molar-refractivity contribution in [3.63, 3.8) is 0 Å². The van der Waals surface area contributed by atoms with Gasteiger partial charge in [0.1, 0.15) is 0 Å². The van der Waals surface area contributed by atoms with E-state index in [-0.39, 0.29) is 0 Å². The summed E-state index contributed by atoms with van der Waals surface area (Å²) in [5.41, 5.74) is 12.1. The molecule has 2 aliphatic rings. The standard InChI is InChI=1S/C40H27BO2/c42-41(43)40(25-23-27-13-4-1-5-14-27)26-24-33-37-32(21-12-22-34(37)40)38-35(28-15-6-2-7-16-28)30-19-10-11-20-31(30)36(39(33)38)29-17-8-3-9-18-29/h1-22,24,42-43H,26H2. The van der Waals surface area contributed by atoms with Gasteiger partial charge in [0.15, 0.2) is 0 Å². The maximum Gasteiger partial charge on any atom is 0.476 e. The minimum absolute atomic E-state index is 0.386. The van der Waals surface area contributed by atoms with Crippen molar-refractivity contribution in [3.05, 3.63) is 162 Å². The van der Waals surface area contributed by atoms with E-state index in [1.165, 1.54) is 33.0 Å². The van der Waals surface area contributed by atoms with Crippen LogP contribution in [-0.4, -0.2) is 17.2 Å². The summed E-state index contributed by atoms with van der Waals surface area (Å²) in [6, 6.07) is 45.9. The zero-order valence-electron chi connectivity index (χ0n) is 23.5. The largest absolute Gasteiger partial charge is 0.476 e. The van der Waals surface area contributed by atoms with E-state index in [9.17, 15) is 10.0 Å². The molecule has 202 valence electrons. The summed E-state index contributed by atoms with van der Waals surface area (Å²) < 4.78 is 0. The van der Waals surface area contributed by atoms with Crippen LogP contribution in [0.4, 0.5) is 0 Å². The molecular formula is C40H27BO2. The third-order valence-corrected chi connectivity index (χ3v) is 8.97. The Kier molecular flexibility index (Phi) is 5.94. The van der Waals surface area contributed by atoms with Crippen LogP contribution in [0, 0.1) is 11.8 Å². The Morgan fingerprint density at radius 1 is 0.535 bits per heavy atom. The highest BCUT2D eigenvalue weighted by Crippen LogP contribution is 2.59. The molecule has 0 radical (unpaired) electrons. The maximum atomic E-state index is 11.0. The van der Waals surface area contributed by atoms with E-state index in [0.29, 0.717) is 6.42 Å². The van der Waals surface area contributed by atoms with E-state index in [1.807, 2.05) is 42.5 Å². The lowest BCUT2D eigenvalue weighted by Gasteiger charge is -2.33.